The van der Waals surface area contributed by atoms with Crippen LogP contribution in [0.1, 0.15) is 34.7 Å². The fraction of sp³-hybridized carbons (Fsp3) is 0.200. The third kappa shape index (κ3) is 3.20. The number of hydrogen-bond donors (Lipinski definition) is 1. The minimum atomic E-state index is -0.00383. The number of halogens is 1. The number of aromatic hydroxyl groups is 1. The van der Waals surface area contributed by atoms with Gasteiger partial charge in [-0.1, -0.05) is 47.2 Å². The number of hydrazone groups is 1. The Bertz CT molecular complexity index is 998. The molecule has 0 aliphatic carbocycles. The summed E-state index contributed by atoms with van der Waals surface area (Å²) in [6, 6.07) is 14.2. The molecule has 2 heterocycles. The van der Waals surface area contributed by atoms with Crippen molar-refractivity contribution in [1.29, 1.82) is 0 Å². The topological polar surface area (TPSA) is 48.7 Å². The Kier molecular flexibility index (Phi) is 4.42. The van der Waals surface area contributed by atoms with Gasteiger partial charge < -0.3 is 5.11 Å². The molecule has 0 radical (unpaired) electrons. The van der Waals surface area contributed by atoms with Gasteiger partial charge in [-0.05, 0) is 54.3 Å². The van der Waals surface area contributed by atoms with Gasteiger partial charge in [0.25, 0.3) is 0 Å². The van der Waals surface area contributed by atoms with Crippen molar-refractivity contribution >= 4 is 33.8 Å². The van der Waals surface area contributed by atoms with Crippen LogP contribution in [0.2, 0.25) is 5.02 Å². The first-order valence-electron chi connectivity index (χ1n) is 8.35. The minimum Gasteiger partial charge on any atom is -0.493 e. The van der Waals surface area contributed by atoms with Crippen molar-refractivity contribution < 1.29 is 5.11 Å². The number of benzene rings is 2. The van der Waals surface area contributed by atoms with Crippen molar-refractivity contribution in [3.8, 4) is 5.88 Å². The number of aromatic nitrogens is 1. The van der Waals surface area contributed by atoms with Crippen LogP contribution >= 0.6 is 22.9 Å². The first-order chi connectivity index (χ1) is 12.5. The standard InChI is InChI=1S/C20H18ClN3OS/c1-12-6-7-14(8-13(12)2)17-10-18(15-4-3-5-16(21)9-15)24(23-17)20-22-19(25)11-26-20/h3-9,11,18,25H,10H2,1-2H3. The number of aryl methyl sites for hydroxylation is 2. The molecule has 1 unspecified atom stereocenters. The fourth-order valence-corrected chi connectivity index (χ4v) is 4.00. The van der Waals surface area contributed by atoms with E-state index in [1.165, 1.54) is 22.5 Å². The van der Waals surface area contributed by atoms with Crippen molar-refractivity contribution in [2.75, 3.05) is 5.01 Å². The highest BCUT2D eigenvalue weighted by atomic mass is 35.5. The van der Waals surface area contributed by atoms with Crippen LogP contribution in [0.4, 0.5) is 5.13 Å². The van der Waals surface area contributed by atoms with Gasteiger partial charge in [0.15, 0.2) is 0 Å². The Morgan fingerprint density at radius 2 is 2.00 bits per heavy atom. The largest absolute Gasteiger partial charge is 0.493 e. The summed E-state index contributed by atoms with van der Waals surface area (Å²) in [5, 5.41) is 19.4. The Labute approximate surface area is 161 Å². The average Bonchev–Trinajstić information content (AvgIpc) is 3.23. The lowest BCUT2D eigenvalue weighted by Crippen LogP contribution is -2.18. The molecule has 132 valence electrons. The molecule has 1 aliphatic heterocycles. The second-order valence-electron chi connectivity index (χ2n) is 6.45. The maximum absolute atomic E-state index is 9.67. The first-order valence-corrected chi connectivity index (χ1v) is 9.61. The maximum atomic E-state index is 9.67. The summed E-state index contributed by atoms with van der Waals surface area (Å²) in [4.78, 5) is 4.21. The monoisotopic (exact) mass is 383 g/mol. The molecule has 0 fully saturated rings. The van der Waals surface area contributed by atoms with Crippen molar-refractivity contribution in [3.63, 3.8) is 0 Å². The predicted molar refractivity (Wildman–Crippen MR) is 108 cm³/mol. The van der Waals surface area contributed by atoms with Crippen LogP contribution in [-0.2, 0) is 0 Å². The summed E-state index contributed by atoms with van der Waals surface area (Å²) in [6.45, 7) is 4.22. The molecule has 26 heavy (non-hydrogen) atoms. The number of nitrogens with zero attached hydrogens (tertiary/aromatic N) is 3. The zero-order valence-electron chi connectivity index (χ0n) is 14.5. The second kappa shape index (κ2) is 6.74. The molecule has 0 saturated heterocycles. The summed E-state index contributed by atoms with van der Waals surface area (Å²) in [5.41, 5.74) is 5.71. The van der Waals surface area contributed by atoms with E-state index >= 15 is 0 Å². The molecular formula is C20H18ClN3OS. The van der Waals surface area contributed by atoms with E-state index < -0.39 is 0 Å². The van der Waals surface area contributed by atoms with E-state index in [9.17, 15) is 5.11 Å². The van der Waals surface area contributed by atoms with Gasteiger partial charge >= 0.3 is 0 Å². The predicted octanol–water partition coefficient (Wildman–Crippen LogP) is 5.47. The molecule has 0 bridgehead atoms. The summed E-state index contributed by atoms with van der Waals surface area (Å²) in [7, 11) is 0. The smallest absolute Gasteiger partial charge is 0.223 e. The van der Waals surface area contributed by atoms with Gasteiger partial charge in [-0.2, -0.15) is 10.1 Å². The Morgan fingerprint density at radius 3 is 2.69 bits per heavy atom. The third-order valence-electron chi connectivity index (χ3n) is 4.66. The summed E-state index contributed by atoms with van der Waals surface area (Å²) < 4.78 is 0. The van der Waals surface area contributed by atoms with Gasteiger partial charge in [0.2, 0.25) is 11.0 Å². The fourth-order valence-electron chi connectivity index (χ4n) is 3.12. The van der Waals surface area contributed by atoms with Crippen molar-refractivity contribution in [3.05, 3.63) is 75.1 Å². The van der Waals surface area contributed by atoms with E-state index in [1.807, 2.05) is 23.2 Å². The Morgan fingerprint density at radius 1 is 1.15 bits per heavy atom. The molecule has 1 atom stereocenters. The van der Waals surface area contributed by atoms with Crippen LogP contribution in [0.25, 0.3) is 0 Å². The molecule has 2 aromatic carbocycles. The quantitative estimate of drug-likeness (QED) is 0.651. The first kappa shape index (κ1) is 17.1. The van der Waals surface area contributed by atoms with Gasteiger partial charge in [0, 0.05) is 11.4 Å². The molecule has 3 aromatic rings. The number of anilines is 1. The highest BCUT2D eigenvalue weighted by Crippen LogP contribution is 2.39. The van der Waals surface area contributed by atoms with Crippen molar-refractivity contribution in [2.45, 2.75) is 26.3 Å². The van der Waals surface area contributed by atoms with E-state index in [4.69, 9.17) is 16.7 Å². The van der Waals surface area contributed by atoms with Crippen LogP contribution in [0, 0.1) is 13.8 Å². The molecular weight excluding hydrogens is 366 g/mol. The van der Waals surface area contributed by atoms with Gasteiger partial charge in [0.05, 0.1) is 17.1 Å². The summed E-state index contributed by atoms with van der Waals surface area (Å²) in [6.07, 6.45) is 0.753. The van der Waals surface area contributed by atoms with Gasteiger partial charge in [-0.15, -0.1) is 0 Å². The highest BCUT2D eigenvalue weighted by molar-refractivity contribution is 7.13. The van der Waals surface area contributed by atoms with E-state index in [2.05, 4.69) is 43.1 Å². The number of hydrogen-bond acceptors (Lipinski definition) is 5. The molecule has 0 amide bonds. The minimum absolute atomic E-state index is 0.00383. The molecule has 0 spiro atoms. The van der Waals surface area contributed by atoms with Crippen LogP contribution in [0.5, 0.6) is 5.88 Å². The lowest BCUT2D eigenvalue weighted by atomic mass is 9.96. The molecule has 1 aromatic heterocycles. The molecule has 4 nitrogen and oxygen atoms in total. The molecule has 1 N–H and O–H groups in total. The van der Waals surface area contributed by atoms with Gasteiger partial charge in [0.1, 0.15) is 0 Å². The summed E-state index contributed by atoms with van der Waals surface area (Å²) in [5.74, 6) is 0.0182. The van der Waals surface area contributed by atoms with E-state index in [0.717, 1.165) is 23.3 Å². The molecule has 4 rings (SSSR count). The van der Waals surface area contributed by atoms with Crippen LogP contribution in [0.15, 0.2) is 52.9 Å². The van der Waals surface area contributed by atoms with Crippen molar-refractivity contribution in [1.82, 2.24) is 4.98 Å². The lowest BCUT2D eigenvalue weighted by molar-refractivity contribution is 0.457. The van der Waals surface area contributed by atoms with E-state index in [-0.39, 0.29) is 11.9 Å². The average molecular weight is 384 g/mol. The Hall–Kier alpha value is -2.37. The lowest BCUT2D eigenvalue weighted by Gasteiger charge is -2.21. The van der Waals surface area contributed by atoms with Crippen LogP contribution in [0.3, 0.4) is 0 Å². The number of thiazole rings is 1. The molecule has 6 heteroatoms. The highest BCUT2D eigenvalue weighted by Gasteiger charge is 2.32. The number of rotatable bonds is 3. The molecule has 0 saturated carbocycles. The maximum Gasteiger partial charge on any atom is 0.223 e. The van der Waals surface area contributed by atoms with E-state index in [0.29, 0.717) is 10.2 Å². The second-order valence-corrected chi connectivity index (χ2v) is 7.73. The van der Waals surface area contributed by atoms with Crippen molar-refractivity contribution in [2.24, 2.45) is 5.10 Å². The zero-order valence-corrected chi connectivity index (χ0v) is 16.1. The molecule has 1 aliphatic rings. The Balaban J connectivity index is 1.76. The van der Waals surface area contributed by atoms with Crippen LogP contribution in [-0.4, -0.2) is 15.8 Å². The SMILES string of the molecule is Cc1ccc(C2=NN(c3nc(O)cs3)C(c3cccc(Cl)c3)C2)cc1C. The van der Waals surface area contributed by atoms with Gasteiger partial charge in [-0.3, -0.25) is 0 Å². The van der Waals surface area contributed by atoms with Gasteiger partial charge in [-0.25, -0.2) is 5.01 Å². The zero-order chi connectivity index (χ0) is 18.3. The summed E-state index contributed by atoms with van der Waals surface area (Å²) >= 11 is 7.58. The van der Waals surface area contributed by atoms with Crippen LogP contribution < -0.4 is 5.01 Å². The normalized spacial score (nSPS) is 16.8. The third-order valence-corrected chi connectivity index (χ3v) is 5.71. The van der Waals surface area contributed by atoms with E-state index in [1.54, 1.807) is 5.38 Å².